The van der Waals surface area contributed by atoms with Crippen molar-refractivity contribution < 1.29 is 14.1 Å². The van der Waals surface area contributed by atoms with Gasteiger partial charge in [0.15, 0.2) is 5.69 Å². The zero-order chi connectivity index (χ0) is 19.7. The van der Waals surface area contributed by atoms with Gasteiger partial charge < -0.3 is 19.5 Å². The number of rotatable bonds is 5. The lowest BCUT2D eigenvalue weighted by atomic mass is 10.1. The molecule has 0 bridgehead atoms. The average Bonchev–Trinajstić information content (AvgIpc) is 3.38. The topological polar surface area (TPSA) is 85.4 Å². The number of aryl methyl sites for hydroxylation is 2. The summed E-state index contributed by atoms with van der Waals surface area (Å²) in [6, 6.07) is 9.15. The number of ether oxygens (including phenoxy) is 1. The molecule has 1 aromatic carbocycles. The van der Waals surface area contributed by atoms with E-state index in [9.17, 15) is 4.79 Å². The molecule has 0 saturated carbocycles. The molecule has 1 aliphatic rings. The SMILES string of the molecule is Cc1cc(C(=O)Nc2ccc(O[C@@H]3CCN(C)C3)c(-c3ccnn3C)c2)no1. The van der Waals surface area contributed by atoms with Gasteiger partial charge in [-0.3, -0.25) is 9.48 Å². The lowest BCUT2D eigenvalue weighted by molar-refractivity contribution is 0.101. The number of nitrogens with one attached hydrogen (secondary N) is 1. The fraction of sp³-hybridized carbons (Fsp3) is 0.350. The predicted molar refractivity (Wildman–Crippen MR) is 104 cm³/mol. The van der Waals surface area contributed by atoms with Gasteiger partial charge in [-0.25, -0.2) is 0 Å². The maximum absolute atomic E-state index is 12.4. The zero-order valence-corrected chi connectivity index (χ0v) is 16.2. The minimum Gasteiger partial charge on any atom is -0.488 e. The number of carbonyl (C=O) groups is 1. The van der Waals surface area contributed by atoms with E-state index in [1.165, 1.54) is 0 Å². The summed E-state index contributed by atoms with van der Waals surface area (Å²) in [7, 11) is 3.97. The Morgan fingerprint density at radius 3 is 2.79 bits per heavy atom. The number of carbonyl (C=O) groups excluding carboxylic acids is 1. The molecule has 2 aromatic heterocycles. The first kappa shape index (κ1) is 18.2. The van der Waals surface area contributed by atoms with Crippen LogP contribution in [-0.2, 0) is 7.05 Å². The van der Waals surface area contributed by atoms with E-state index in [2.05, 4.69) is 27.5 Å². The lowest BCUT2D eigenvalue weighted by Gasteiger charge is -2.18. The van der Waals surface area contributed by atoms with Crippen LogP contribution in [0.4, 0.5) is 5.69 Å². The molecule has 0 unspecified atom stereocenters. The van der Waals surface area contributed by atoms with E-state index in [1.54, 1.807) is 23.9 Å². The van der Waals surface area contributed by atoms with Crippen molar-refractivity contribution in [2.75, 3.05) is 25.5 Å². The van der Waals surface area contributed by atoms with E-state index in [0.29, 0.717) is 11.4 Å². The van der Waals surface area contributed by atoms with Gasteiger partial charge in [-0.15, -0.1) is 0 Å². The maximum atomic E-state index is 12.4. The molecule has 0 aliphatic carbocycles. The highest BCUT2D eigenvalue weighted by atomic mass is 16.5. The number of aromatic nitrogens is 3. The number of hydrogen-bond acceptors (Lipinski definition) is 6. The van der Waals surface area contributed by atoms with Crippen molar-refractivity contribution in [3.63, 3.8) is 0 Å². The fourth-order valence-corrected chi connectivity index (χ4v) is 3.39. The van der Waals surface area contributed by atoms with Crippen LogP contribution >= 0.6 is 0 Å². The second-order valence-electron chi connectivity index (χ2n) is 7.12. The van der Waals surface area contributed by atoms with Gasteiger partial charge in [-0.05, 0) is 44.7 Å². The average molecular weight is 381 g/mol. The molecule has 1 saturated heterocycles. The summed E-state index contributed by atoms with van der Waals surface area (Å²) in [5.74, 6) is 1.05. The molecule has 1 amide bonds. The molecule has 1 fully saturated rings. The van der Waals surface area contributed by atoms with Gasteiger partial charge >= 0.3 is 0 Å². The Bertz CT molecular complexity index is 993. The highest BCUT2D eigenvalue weighted by Gasteiger charge is 2.23. The number of amides is 1. The molecule has 0 spiro atoms. The Balaban J connectivity index is 1.62. The van der Waals surface area contributed by atoms with Crippen LogP contribution in [0.5, 0.6) is 5.75 Å². The van der Waals surface area contributed by atoms with E-state index in [0.717, 1.165) is 36.5 Å². The van der Waals surface area contributed by atoms with E-state index in [-0.39, 0.29) is 17.7 Å². The van der Waals surface area contributed by atoms with Crippen molar-refractivity contribution in [1.82, 2.24) is 19.8 Å². The highest BCUT2D eigenvalue weighted by molar-refractivity contribution is 6.03. The molecule has 3 aromatic rings. The third-order valence-electron chi connectivity index (χ3n) is 4.84. The Morgan fingerprint density at radius 1 is 1.29 bits per heavy atom. The standard InChI is InChI=1S/C20H23N5O3/c1-13-10-17(23-28-13)20(26)22-14-4-5-19(27-15-7-9-24(2)12-15)16(11-14)18-6-8-21-25(18)3/h4-6,8,10-11,15H,7,9,12H2,1-3H3,(H,22,26)/t15-/m1/s1. The summed E-state index contributed by atoms with van der Waals surface area (Å²) in [6.07, 6.45) is 2.88. The first-order valence-corrected chi connectivity index (χ1v) is 9.22. The van der Waals surface area contributed by atoms with Gasteiger partial charge in [0.2, 0.25) is 0 Å². The van der Waals surface area contributed by atoms with Gasteiger partial charge in [-0.2, -0.15) is 5.10 Å². The van der Waals surface area contributed by atoms with Crippen LogP contribution in [0.2, 0.25) is 0 Å². The Morgan fingerprint density at radius 2 is 2.14 bits per heavy atom. The van der Waals surface area contributed by atoms with Crippen LogP contribution in [0.1, 0.15) is 22.7 Å². The van der Waals surface area contributed by atoms with Gasteiger partial charge in [0.05, 0.1) is 5.69 Å². The second-order valence-corrected chi connectivity index (χ2v) is 7.12. The number of likely N-dealkylation sites (tertiary alicyclic amines) is 1. The van der Waals surface area contributed by atoms with Crippen LogP contribution < -0.4 is 10.1 Å². The number of anilines is 1. The third-order valence-corrected chi connectivity index (χ3v) is 4.84. The Labute approximate surface area is 163 Å². The van der Waals surface area contributed by atoms with E-state index in [4.69, 9.17) is 9.26 Å². The zero-order valence-electron chi connectivity index (χ0n) is 16.2. The molecular formula is C20H23N5O3. The summed E-state index contributed by atoms with van der Waals surface area (Å²) in [5.41, 5.74) is 2.69. The van der Waals surface area contributed by atoms with Gasteiger partial charge in [0.25, 0.3) is 5.91 Å². The summed E-state index contributed by atoms with van der Waals surface area (Å²) in [5, 5.41) is 10.9. The second kappa shape index (κ2) is 7.47. The molecule has 1 N–H and O–H groups in total. The van der Waals surface area contributed by atoms with Crippen molar-refractivity contribution in [3.8, 4) is 17.0 Å². The third kappa shape index (κ3) is 3.77. The van der Waals surface area contributed by atoms with Crippen molar-refractivity contribution >= 4 is 11.6 Å². The summed E-state index contributed by atoms with van der Waals surface area (Å²) in [4.78, 5) is 14.7. The van der Waals surface area contributed by atoms with Crippen LogP contribution in [0.25, 0.3) is 11.3 Å². The predicted octanol–water partition coefficient (Wildman–Crippen LogP) is 2.72. The smallest absolute Gasteiger partial charge is 0.277 e. The van der Waals surface area contributed by atoms with E-state index in [1.807, 2.05) is 31.3 Å². The van der Waals surface area contributed by atoms with Crippen LogP contribution in [0.3, 0.4) is 0 Å². The monoisotopic (exact) mass is 381 g/mol. The van der Waals surface area contributed by atoms with Crippen molar-refractivity contribution in [1.29, 1.82) is 0 Å². The van der Waals surface area contributed by atoms with Gasteiger partial charge in [-0.1, -0.05) is 5.16 Å². The maximum Gasteiger partial charge on any atom is 0.277 e. The fourth-order valence-electron chi connectivity index (χ4n) is 3.39. The molecular weight excluding hydrogens is 358 g/mol. The first-order valence-electron chi connectivity index (χ1n) is 9.22. The van der Waals surface area contributed by atoms with Crippen LogP contribution in [0.15, 0.2) is 41.1 Å². The molecule has 28 heavy (non-hydrogen) atoms. The van der Waals surface area contributed by atoms with E-state index < -0.39 is 0 Å². The normalized spacial score (nSPS) is 17.0. The molecule has 4 rings (SSSR count). The van der Waals surface area contributed by atoms with Crippen molar-refractivity contribution in [2.24, 2.45) is 7.05 Å². The minimum atomic E-state index is -0.320. The molecule has 1 atom stereocenters. The highest BCUT2D eigenvalue weighted by Crippen LogP contribution is 2.34. The van der Waals surface area contributed by atoms with Crippen molar-refractivity contribution in [2.45, 2.75) is 19.4 Å². The summed E-state index contributed by atoms with van der Waals surface area (Å²) >= 11 is 0. The Kier molecular flexibility index (Phi) is 4.87. The molecule has 3 heterocycles. The number of likely N-dealkylation sites (N-methyl/N-ethyl adjacent to an activating group) is 1. The van der Waals surface area contributed by atoms with Crippen molar-refractivity contribution in [3.05, 3.63) is 48.0 Å². The molecule has 8 nitrogen and oxygen atoms in total. The number of benzene rings is 1. The summed E-state index contributed by atoms with van der Waals surface area (Å²) in [6.45, 7) is 3.67. The van der Waals surface area contributed by atoms with Crippen LogP contribution in [0, 0.1) is 6.92 Å². The number of hydrogen-bond donors (Lipinski definition) is 1. The van der Waals surface area contributed by atoms with Gasteiger partial charge in [0.1, 0.15) is 17.6 Å². The Hall–Kier alpha value is -3.13. The quantitative estimate of drug-likeness (QED) is 0.731. The largest absolute Gasteiger partial charge is 0.488 e. The molecule has 0 radical (unpaired) electrons. The first-order chi connectivity index (χ1) is 13.5. The minimum absolute atomic E-state index is 0.149. The summed E-state index contributed by atoms with van der Waals surface area (Å²) < 4.78 is 13.0. The molecule has 146 valence electrons. The van der Waals surface area contributed by atoms with Gasteiger partial charge in [0, 0.05) is 43.7 Å². The molecule has 8 heteroatoms. The number of nitrogens with zero attached hydrogens (tertiary/aromatic N) is 4. The molecule has 1 aliphatic heterocycles. The van der Waals surface area contributed by atoms with E-state index >= 15 is 0 Å². The lowest BCUT2D eigenvalue weighted by Crippen LogP contribution is -2.21. The van der Waals surface area contributed by atoms with Crippen LogP contribution in [-0.4, -0.2) is 52.0 Å².